The average molecular weight is 407 g/mol. The summed E-state index contributed by atoms with van der Waals surface area (Å²) in [6.45, 7) is 3.75. The highest BCUT2D eigenvalue weighted by Crippen LogP contribution is 2.29. The van der Waals surface area contributed by atoms with Gasteiger partial charge in [-0.05, 0) is 37.6 Å². The Morgan fingerprint density at radius 1 is 1.17 bits per heavy atom. The third-order valence-corrected chi connectivity index (χ3v) is 5.63. The molecule has 0 aliphatic rings. The molecule has 9 heteroatoms. The Hall–Kier alpha value is -3.46. The molecule has 146 valence electrons. The van der Waals surface area contributed by atoms with E-state index in [9.17, 15) is 14.9 Å². The van der Waals surface area contributed by atoms with E-state index in [2.05, 4.69) is 15.5 Å². The number of anilines is 1. The van der Waals surface area contributed by atoms with E-state index >= 15 is 0 Å². The summed E-state index contributed by atoms with van der Waals surface area (Å²) in [6, 6.07) is 16.0. The third kappa shape index (κ3) is 3.52. The smallest absolute Gasteiger partial charge is 0.292 e. The van der Waals surface area contributed by atoms with Crippen LogP contribution in [0, 0.1) is 17.0 Å². The second-order valence-electron chi connectivity index (χ2n) is 6.54. The molecule has 0 aliphatic heterocycles. The Morgan fingerprint density at radius 2 is 1.90 bits per heavy atom. The number of nitrogens with one attached hydrogen (secondary N) is 1. The van der Waals surface area contributed by atoms with Crippen LogP contribution in [-0.4, -0.2) is 30.7 Å². The standard InChI is InChI=1S/C20H17N5O3S/c1-12-11-18-22-23-20(24(18)16-9-5-3-7-14(12)16)29-13(2)19(26)21-15-8-4-6-10-17(15)25(27)28/h3-11,13H,1-2H3,(H,21,26). The van der Waals surface area contributed by atoms with E-state index in [1.54, 1.807) is 19.1 Å². The lowest BCUT2D eigenvalue weighted by Crippen LogP contribution is -2.23. The molecule has 0 saturated heterocycles. The molecule has 2 aromatic heterocycles. The Kier molecular flexibility index (Phi) is 4.89. The van der Waals surface area contributed by atoms with Gasteiger partial charge in [0.2, 0.25) is 5.91 Å². The van der Waals surface area contributed by atoms with E-state index in [0.717, 1.165) is 16.5 Å². The lowest BCUT2D eigenvalue weighted by molar-refractivity contribution is -0.383. The largest absolute Gasteiger partial charge is 0.319 e. The van der Waals surface area contributed by atoms with Crippen LogP contribution < -0.4 is 5.32 Å². The SMILES string of the molecule is Cc1cc2nnc(SC(C)C(=O)Nc3ccccc3[N+](=O)[O-])n2c2ccccc12. The van der Waals surface area contributed by atoms with Crippen molar-refractivity contribution in [3.63, 3.8) is 0 Å². The van der Waals surface area contributed by atoms with Crippen molar-refractivity contribution in [1.82, 2.24) is 14.6 Å². The van der Waals surface area contributed by atoms with Crippen LogP contribution >= 0.6 is 11.8 Å². The van der Waals surface area contributed by atoms with E-state index in [4.69, 9.17) is 0 Å². The number of para-hydroxylation sites is 3. The van der Waals surface area contributed by atoms with Crippen molar-refractivity contribution in [2.45, 2.75) is 24.3 Å². The number of thioether (sulfide) groups is 1. The molecular weight excluding hydrogens is 390 g/mol. The Bertz CT molecular complexity index is 1250. The lowest BCUT2D eigenvalue weighted by atomic mass is 10.1. The zero-order chi connectivity index (χ0) is 20.5. The fourth-order valence-corrected chi connectivity index (χ4v) is 4.00. The number of hydrogen-bond acceptors (Lipinski definition) is 6. The van der Waals surface area contributed by atoms with Crippen LogP contribution in [0.5, 0.6) is 0 Å². The molecule has 4 aromatic rings. The molecule has 0 spiro atoms. The normalized spacial score (nSPS) is 12.2. The molecule has 0 radical (unpaired) electrons. The predicted octanol–water partition coefficient (Wildman–Crippen LogP) is 4.22. The van der Waals surface area contributed by atoms with Crippen molar-refractivity contribution in [3.05, 3.63) is 70.3 Å². The van der Waals surface area contributed by atoms with Gasteiger partial charge in [0, 0.05) is 11.5 Å². The first-order chi connectivity index (χ1) is 14.0. The van der Waals surface area contributed by atoms with Crippen LogP contribution in [0.1, 0.15) is 12.5 Å². The minimum absolute atomic E-state index is 0.146. The van der Waals surface area contributed by atoms with Crippen molar-refractivity contribution in [2.75, 3.05) is 5.32 Å². The van der Waals surface area contributed by atoms with E-state index in [0.29, 0.717) is 10.8 Å². The summed E-state index contributed by atoms with van der Waals surface area (Å²) in [5.74, 6) is -0.350. The fraction of sp³-hybridized carbons (Fsp3) is 0.150. The Balaban J connectivity index is 1.63. The predicted molar refractivity (Wildman–Crippen MR) is 112 cm³/mol. The highest BCUT2D eigenvalue weighted by atomic mass is 32.2. The zero-order valence-electron chi connectivity index (χ0n) is 15.7. The van der Waals surface area contributed by atoms with Gasteiger partial charge in [-0.15, -0.1) is 10.2 Å². The number of nitro benzene ring substituents is 1. The van der Waals surface area contributed by atoms with Gasteiger partial charge in [0.15, 0.2) is 10.8 Å². The number of rotatable bonds is 5. The van der Waals surface area contributed by atoms with Gasteiger partial charge >= 0.3 is 0 Å². The van der Waals surface area contributed by atoms with Crippen LogP contribution in [0.4, 0.5) is 11.4 Å². The number of hydrogen-bond donors (Lipinski definition) is 1. The maximum Gasteiger partial charge on any atom is 0.292 e. The highest BCUT2D eigenvalue weighted by Gasteiger charge is 2.22. The van der Waals surface area contributed by atoms with E-state index < -0.39 is 10.2 Å². The first kappa shape index (κ1) is 18.9. The molecule has 0 fully saturated rings. The van der Waals surface area contributed by atoms with Gasteiger partial charge < -0.3 is 5.32 Å². The van der Waals surface area contributed by atoms with Crippen LogP contribution in [0.25, 0.3) is 16.6 Å². The quantitative estimate of drug-likeness (QED) is 0.302. The zero-order valence-corrected chi connectivity index (χ0v) is 16.5. The highest BCUT2D eigenvalue weighted by molar-refractivity contribution is 8.00. The minimum Gasteiger partial charge on any atom is -0.319 e. The van der Waals surface area contributed by atoms with Crippen LogP contribution in [-0.2, 0) is 4.79 Å². The maximum absolute atomic E-state index is 12.7. The van der Waals surface area contributed by atoms with Gasteiger partial charge in [-0.3, -0.25) is 19.3 Å². The number of nitro groups is 1. The second-order valence-corrected chi connectivity index (χ2v) is 7.85. The Labute approximate surface area is 170 Å². The number of aryl methyl sites for hydroxylation is 1. The van der Waals surface area contributed by atoms with Gasteiger partial charge in [0.25, 0.3) is 5.69 Å². The summed E-state index contributed by atoms with van der Waals surface area (Å²) in [7, 11) is 0. The number of fused-ring (bicyclic) bond motifs is 3. The van der Waals surface area contributed by atoms with Crippen molar-refractivity contribution in [2.24, 2.45) is 0 Å². The number of carbonyl (C=O) groups excluding carboxylic acids is 1. The molecule has 0 aliphatic carbocycles. The van der Waals surface area contributed by atoms with Crippen molar-refractivity contribution in [3.8, 4) is 0 Å². The van der Waals surface area contributed by atoms with Crippen LogP contribution in [0.3, 0.4) is 0 Å². The van der Waals surface area contributed by atoms with Gasteiger partial charge in [-0.1, -0.05) is 42.1 Å². The minimum atomic E-state index is -0.540. The summed E-state index contributed by atoms with van der Waals surface area (Å²) in [5.41, 5.74) is 2.78. The third-order valence-electron chi connectivity index (χ3n) is 4.58. The van der Waals surface area contributed by atoms with E-state index in [-0.39, 0.29) is 17.3 Å². The molecule has 1 N–H and O–H groups in total. The lowest BCUT2D eigenvalue weighted by Gasteiger charge is -2.12. The molecule has 0 bridgehead atoms. The summed E-state index contributed by atoms with van der Waals surface area (Å²) in [5, 5.41) is 23.4. The number of aromatic nitrogens is 3. The molecule has 4 rings (SSSR count). The van der Waals surface area contributed by atoms with Crippen LogP contribution in [0.2, 0.25) is 0 Å². The molecule has 2 aromatic carbocycles. The van der Waals surface area contributed by atoms with Crippen molar-refractivity contribution in [1.29, 1.82) is 0 Å². The van der Waals surface area contributed by atoms with E-state index in [1.807, 2.05) is 41.7 Å². The second kappa shape index (κ2) is 7.51. The van der Waals surface area contributed by atoms with Crippen molar-refractivity contribution >= 4 is 45.6 Å². The Morgan fingerprint density at radius 3 is 2.69 bits per heavy atom. The summed E-state index contributed by atoms with van der Waals surface area (Å²) in [6.07, 6.45) is 0. The topological polar surface area (TPSA) is 102 Å². The summed E-state index contributed by atoms with van der Waals surface area (Å²) in [4.78, 5) is 23.3. The fourth-order valence-electron chi connectivity index (χ4n) is 3.14. The van der Waals surface area contributed by atoms with Gasteiger partial charge in [0.1, 0.15) is 5.69 Å². The molecule has 2 heterocycles. The molecule has 1 atom stereocenters. The van der Waals surface area contributed by atoms with Gasteiger partial charge in [-0.25, -0.2) is 0 Å². The number of nitrogens with zero attached hydrogens (tertiary/aromatic N) is 4. The number of pyridine rings is 1. The number of benzene rings is 2. The molecule has 0 saturated carbocycles. The monoisotopic (exact) mass is 407 g/mol. The first-order valence-corrected chi connectivity index (χ1v) is 9.78. The number of amides is 1. The van der Waals surface area contributed by atoms with Gasteiger partial charge in [0.05, 0.1) is 15.7 Å². The maximum atomic E-state index is 12.7. The molecular formula is C20H17N5O3S. The number of carbonyl (C=O) groups is 1. The molecule has 29 heavy (non-hydrogen) atoms. The summed E-state index contributed by atoms with van der Waals surface area (Å²) >= 11 is 1.25. The van der Waals surface area contributed by atoms with Crippen molar-refractivity contribution < 1.29 is 9.72 Å². The average Bonchev–Trinajstić information content (AvgIpc) is 3.11. The molecule has 1 unspecified atom stereocenters. The molecule has 1 amide bonds. The summed E-state index contributed by atoms with van der Waals surface area (Å²) < 4.78 is 1.92. The first-order valence-electron chi connectivity index (χ1n) is 8.90. The van der Waals surface area contributed by atoms with E-state index in [1.165, 1.54) is 23.9 Å². The molecule has 8 nitrogen and oxygen atoms in total. The van der Waals surface area contributed by atoms with Crippen LogP contribution in [0.15, 0.2) is 59.8 Å². The van der Waals surface area contributed by atoms with Gasteiger partial charge in [-0.2, -0.15) is 0 Å².